The van der Waals surface area contributed by atoms with Crippen LogP contribution < -0.4 is 26.0 Å². The molecule has 3 unspecified atom stereocenters. The van der Waals surface area contributed by atoms with E-state index in [2.05, 4.69) is 45.1 Å². The molecule has 2 aromatic rings. The number of hydrogen-bond donors (Lipinski definition) is 8. The van der Waals surface area contributed by atoms with E-state index in [1.807, 2.05) is 6.07 Å². The smallest absolute Gasteiger partial charge is 0.271 e. The number of aliphatic hydroxyl groups is 1. The molecule has 3 aliphatic rings. The number of rotatable bonds is 5. The molecule has 2 fully saturated rings. The van der Waals surface area contributed by atoms with Crippen LogP contribution in [0.15, 0.2) is 30.6 Å². The van der Waals surface area contributed by atoms with Crippen molar-refractivity contribution in [3.63, 3.8) is 0 Å². The third-order valence-corrected chi connectivity index (χ3v) is 8.48. The molecule has 0 radical (unpaired) electrons. The van der Waals surface area contributed by atoms with Crippen molar-refractivity contribution in [2.24, 2.45) is 0 Å². The number of nitrogens with zero attached hydrogens (tertiary/aromatic N) is 4. The van der Waals surface area contributed by atoms with E-state index in [-0.39, 0.29) is 42.7 Å². The SMILES string of the molecule is Cc1cncc(C(=O)NCC2NC(=N)N3CC2NC(=N)N(O)C[C@@](C)(O)C(NC(=O)c2cccc4c2OCCC4(C)C)C3)n1. The van der Waals surface area contributed by atoms with E-state index >= 15 is 0 Å². The average Bonchev–Trinajstić information content (AvgIpc) is 2.96. The lowest BCUT2D eigenvalue weighted by molar-refractivity contribution is -0.0989. The molecule has 15 heteroatoms. The number of fused-ring (bicyclic) bond motifs is 3. The van der Waals surface area contributed by atoms with Crippen molar-refractivity contribution < 1.29 is 24.6 Å². The van der Waals surface area contributed by atoms with Crippen LogP contribution in [0.5, 0.6) is 5.75 Å². The van der Waals surface area contributed by atoms with Gasteiger partial charge in [0.25, 0.3) is 11.8 Å². The highest BCUT2D eigenvalue weighted by Gasteiger charge is 2.43. The molecule has 2 bridgehead atoms. The Morgan fingerprint density at radius 2 is 1.91 bits per heavy atom. The molecule has 0 saturated carbocycles. The molecule has 2 saturated heterocycles. The highest BCUT2D eigenvalue weighted by Crippen LogP contribution is 2.40. The third kappa shape index (κ3) is 6.38. The summed E-state index contributed by atoms with van der Waals surface area (Å²) in [7, 11) is 0. The van der Waals surface area contributed by atoms with E-state index in [0.29, 0.717) is 28.7 Å². The number of para-hydroxylation sites is 1. The molecular weight excluding hydrogens is 568 g/mol. The van der Waals surface area contributed by atoms with Gasteiger partial charge in [-0.2, -0.15) is 0 Å². The number of nitrogens with one attached hydrogen (secondary N) is 6. The van der Waals surface area contributed by atoms with Crippen LogP contribution in [0.3, 0.4) is 0 Å². The topological polar surface area (TPSA) is 212 Å². The van der Waals surface area contributed by atoms with E-state index in [9.17, 15) is 19.9 Å². The summed E-state index contributed by atoms with van der Waals surface area (Å²) in [6, 6.07) is 3.36. The van der Waals surface area contributed by atoms with Crippen LogP contribution in [0.4, 0.5) is 0 Å². The second kappa shape index (κ2) is 11.9. The summed E-state index contributed by atoms with van der Waals surface area (Å²) in [5, 5.41) is 51.7. The minimum Gasteiger partial charge on any atom is -0.492 e. The molecule has 4 atom stereocenters. The van der Waals surface area contributed by atoms with Gasteiger partial charge in [-0.3, -0.25) is 30.6 Å². The summed E-state index contributed by atoms with van der Waals surface area (Å²) in [6.07, 6.45) is 3.71. The molecule has 1 aromatic carbocycles. The number of benzene rings is 1. The third-order valence-electron chi connectivity index (χ3n) is 8.48. The molecule has 3 aliphatic heterocycles. The predicted octanol–water partition coefficient (Wildman–Crippen LogP) is -0.0691. The van der Waals surface area contributed by atoms with Gasteiger partial charge in [0.15, 0.2) is 5.96 Å². The zero-order valence-electron chi connectivity index (χ0n) is 25.3. The molecule has 0 aliphatic carbocycles. The summed E-state index contributed by atoms with van der Waals surface area (Å²) in [4.78, 5) is 36.2. The van der Waals surface area contributed by atoms with Gasteiger partial charge in [0.05, 0.1) is 48.7 Å². The number of hydrogen-bond acceptors (Lipinski definition) is 9. The van der Waals surface area contributed by atoms with Gasteiger partial charge in [-0.15, -0.1) is 0 Å². The van der Waals surface area contributed by atoms with Crippen LogP contribution in [0.25, 0.3) is 0 Å². The van der Waals surface area contributed by atoms with Crippen molar-refractivity contribution in [2.75, 3.05) is 32.8 Å². The van der Waals surface area contributed by atoms with Crippen molar-refractivity contribution >= 4 is 23.7 Å². The number of carbonyl (C=O) groups excluding carboxylic acids is 2. The summed E-state index contributed by atoms with van der Waals surface area (Å²) in [5.41, 5.74) is 0.103. The fourth-order valence-electron chi connectivity index (χ4n) is 5.74. The minimum atomic E-state index is -1.72. The molecule has 44 heavy (non-hydrogen) atoms. The lowest BCUT2D eigenvalue weighted by Crippen LogP contribution is -2.72. The first kappa shape index (κ1) is 30.9. The maximum absolute atomic E-state index is 13.7. The summed E-state index contributed by atoms with van der Waals surface area (Å²) in [5.74, 6) is -0.768. The highest BCUT2D eigenvalue weighted by atomic mass is 16.5. The second-order valence-corrected chi connectivity index (χ2v) is 12.5. The normalized spacial score (nSPS) is 26.4. The minimum absolute atomic E-state index is 0.0165. The fourth-order valence-corrected chi connectivity index (χ4v) is 5.74. The number of amides is 2. The number of hydroxylamine groups is 2. The lowest BCUT2D eigenvalue weighted by atomic mass is 9.79. The first-order valence-corrected chi connectivity index (χ1v) is 14.5. The molecule has 8 N–H and O–H groups in total. The van der Waals surface area contributed by atoms with Crippen LogP contribution >= 0.6 is 0 Å². The fraction of sp³-hybridized carbons (Fsp3) is 0.517. The molecule has 0 spiro atoms. The first-order valence-electron chi connectivity index (χ1n) is 14.5. The summed E-state index contributed by atoms with van der Waals surface area (Å²) in [6.45, 7) is 7.72. The molecule has 2 amide bonds. The average molecular weight is 609 g/mol. The number of carbonyl (C=O) groups is 2. The predicted molar refractivity (Wildman–Crippen MR) is 160 cm³/mol. The number of aryl methyl sites for hydroxylation is 1. The zero-order valence-corrected chi connectivity index (χ0v) is 25.3. The van der Waals surface area contributed by atoms with Crippen molar-refractivity contribution in [2.45, 2.75) is 63.3 Å². The van der Waals surface area contributed by atoms with Gasteiger partial charge in [0, 0.05) is 31.4 Å². The Balaban J connectivity index is 1.35. The molecule has 1 aromatic heterocycles. The number of ether oxygens (including phenoxy) is 1. The number of β-amino-alcohol motifs (C(OH)–C–C–N with tert-alkyl or cyclic N) is 1. The van der Waals surface area contributed by atoms with Gasteiger partial charge in [-0.1, -0.05) is 26.0 Å². The van der Waals surface area contributed by atoms with Crippen molar-refractivity contribution in [3.05, 3.63) is 53.1 Å². The van der Waals surface area contributed by atoms with Crippen LogP contribution in [0, 0.1) is 17.7 Å². The maximum Gasteiger partial charge on any atom is 0.271 e. The molecular formula is C29H40N10O5. The molecule has 15 nitrogen and oxygen atoms in total. The van der Waals surface area contributed by atoms with Gasteiger partial charge in [0.1, 0.15) is 17.0 Å². The van der Waals surface area contributed by atoms with E-state index in [4.69, 9.17) is 15.6 Å². The largest absolute Gasteiger partial charge is 0.492 e. The van der Waals surface area contributed by atoms with E-state index in [1.54, 1.807) is 30.2 Å². The van der Waals surface area contributed by atoms with Crippen LogP contribution in [-0.2, 0) is 5.41 Å². The van der Waals surface area contributed by atoms with Crippen molar-refractivity contribution in [1.29, 1.82) is 10.8 Å². The Kier molecular flexibility index (Phi) is 8.36. The van der Waals surface area contributed by atoms with Gasteiger partial charge < -0.3 is 36.0 Å². The zero-order chi connectivity index (χ0) is 31.8. The van der Waals surface area contributed by atoms with E-state index in [0.717, 1.165) is 12.0 Å². The van der Waals surface area contributed by atoms with Crippen molar-refractivity contribution in [3.8, 4) is 5.75 Å². The molecule has 5 rings (SSSR count). The number of guanidine groups is 2. The molecule has 236 valence electrons. The standard InChI is InChI=1S/C29H40N10O5/c1-16-10-32-11-20(34-16)25(41)33-12-19-21-13-38(26(30)35-19)14-22(29(4,42)15-39(43)27(31)36-21)37-24(40)17-6-5-7-18-23(17)44-9-8-28(18,2)3/h5-7,10-11,19,21-22,42-43H,8-9,12-15H2,1-4H3,(H2,30,35)(H2,31,36)(H,33,41)(H,37,40)/t19?,21?,22?,29-/m1/s1. The second-order valence-electron chi connectivity index (χ2n) is 12.5. The monoisotopic (exact) mass is 608 g/mol. The quantitative estimate of drug-likeness (QED) is 0.225. The van der Waals surface area contributed by atoms with E-state index in [1.165, 1.54) is 13.1 Å². The van der Waals surface area contributed by atoms with Crippen molar-refractivity contribution in [1.82, 2.24) is 41.2 Å². The highest BCUT2D eigenvalue weighted by molar-refractivity contribution is 5.98. The Bertz CT molecular complexity index is 1460. The Morgan fingerprint density at radius 1 is 1.14 bits per heavy atom. The van der Waals surface area contributed by atoms with Crippen LogP contribution in [0.2, 0.25) is 0 Å². The van der Waals surface area contributed by atoms with E-state index < -0.39 is 42.1 Å². The lowest BCUT2D eigenvalue weighted by Gasteiger charge is -2.47. The van der Waals surface area contributed by atoms with Gasteiger partial charge in [-0.05, 0) is 31.7 Å². The number of aromatic nitrogens is 2. The maximum atomic E-state index is 13.7. The van der Waals surface area contributed by atoms with Crippen LogP contribution in [-0.4, -0.2) is 110 Å². The van der Waals surface area contributed by atoms with Gasteiger partial charge in [-0.25, -0.2) is 10.0 Å². The first-order chi connectivity index (χ1) is 20.7. The van der Waals surface area contributed by atoms with Crippen LogP contribution in [0.1, 0.15) is 59.3 Å². The van der Waals surface area contributed by atoms with Gasteiger partial charge >= 0.3 is 0 Å². The summed E-state index contributed by atoms with van der Waals surface area (Å²) >= 11 is 0. The Morgan fingerprint density at radius 3 is 2.66 bits per heavy atom. The summed E-state index contributed by atoms with van der Waals surface area (Å²) < 4.78 is 5.93. The van der Waals surface area contributed by atoms with Gasteiger partial charge in [0.2, 0.25) is 5.96 Å². The Hall–Kier alpha value is -4.50. The Labute approximate surface area is 255 Å². The molecule has 4 heterocycles.